The van der Waals surface area contributed by atoms with Gasteiger partial charge in [-0.25, -0.2) is 18.0 Å². The number of likely N-dealkylation sites (N-methyl/N-ethyl adjacent to an activating group) is 1. The third-order valence-corrected chi connectivity index (χ3v) is 9.21. The number of amides is 2. The van der Waals surface area contributed by atoms with E-state index in [2.05, 4.69) is 10.2 Å². The van der Waals surface area contributed by atoms with Crippen LogP contribution in [0.5, 0.6) is 5.75 Å². The third-order valence-electron chi connectivity index (χ3n) is 7.05. The number of hydrogen-bond donors (Lipinski definition) is 1. The summed E-state index contributed by atoms with van der Waals surface area (Å²) in [5.74, 6) is 0.0921. The van der Waals surface area contributed by atoms with Gasteiger partial charge < -0.3 is 14.8 Å². The maximum absolute atomic E-state index is 13.4. The molecule has 0 bridgehead atoms. The van der Waals surface area contributed by atoms with Gasteiger partial charge in [-0.05, 0) is 68.8 Å². The van der Waals surface area contributed by atoms with Gasteiger partial charge in [0.05, 0.1) is 30.2 Å². The first-order valence-electron chi connectivity index (χ1n) is 13.3. The lowest BCUT2D eigenvalue weighted by Crippen LogP contribution is -2.51. The summed E-state index contributed by atoms with van der Waals surface area (Å²) < 4.78 is 38.9. The van der Waals surface area contributed by atoms with Crippen molar-refractivity contribution in [3.8, 4) is 5.75 Å². The van der Waals surface area contributed by atoms with Crippen LogP contribution in [0.2, 0.25) is 5.02 Å². The molecule has 1 unspecified atom stereocenters. The minimum atomic E-state index is -3.69. The molecule has 2 aromatic rings. The number of nitrogens with one attached hydrogen (secondary N) is 1. The van der Waals surface area contributed by atoms with Gasteiger partial charge >= 0.3 is 12.0 Å². The molecule has 12 heteroatoms. The minimum Gasteiger partial charge on any atom is -0.497 e. The molecule has 216 valence electrons. The molecule has 2 aromatic carbocycles. The lowest BCUT2D eigenvalue weighted by molar-refractivity contribution is -0.139. The van der Waals surface area contributed by atoms with E-state index in [1.165, 1.54) is 16.4 Å². The predicted molar refractivity (Wildman–Crippen MR) is 152 cm³/mol. The van der Waals surface area contributed by atoms with Crippen molar-refractivity contribution in [1.82, 2.24) is 19.4 Å². The molecule has 0 spiro atoms. The van der Waals surface area contributed by atoms with E-state index in [4.69, 9.17) is 21.1 Å². The first-order valence-corrected chi connectivity index (χ1v) is 15.1. The van der Waals surface area contributed by atoms with Crippen LogP contribution in [-0.2, 0) is 19.6 Å². The molecule has 1 N–H and O–H groups in total. The van der Waals surface area contributed by atoms with Crippen molar-refractivity contribution in [3.63, 3.8) is 0 Å². The second-order valence-corrected chi connectivity index (χ2v) is 11.8. The molecular formula is C28H35ClN4O6S. The standard InChI is InChI=1S/C28H35ClN4O6S/c1-4-33-24(19-31-14-7-15-32(17-16-31)40(36,37)23-12-10-21(29)11-13-23)25(27(34)39-5-2)26(30-28(33)35)20-8-6-9-22(18-20)38-3/h6,8-13,18,26H,4-5,7,14-17,19H2,1-3H3,(H,30,35). The van der Waals surface area contributed by atoms with Gasteiger partial charge in [0.1, 0.15) is 5.75 Å². The second kappa shape index (κ2) is 13.0. The van der Waals surface area contributed by atoms with Gasteiger partial charge in [-0.2, -0.15) is 4.31 Å². The Labute approximate surface area is 240 Å². The molecule has 4 rings (SSSR count). The van der Waals surface area contributed by atoms with Gasteiger partial charge in [0.2, 0.25) is 10.0 Å². The van der Waals surface area contributed by atoms with Gasteiger partial charge in [-0.1, -0.05) is 23.7 Å². The molecule has 1 saturated heterocycles. The number of nitrogens with zero attached hydrogens (tertiary/aromatic N) is 3. The van der Waals surface area contributed by atoms with E-state index in [0.717, 1.165) is 0 Å². The van der Waals surface area contributed by atoms with Crippen molar-refractivity contribution in [2.24, 2.45) is 0 Å². The van der Waals surface area contributed by atoms with Crippen molar-refractivity contribution in [2.45, 2.75) is 31.2 Å². The van der Waals surface area contributed by atoms with E-state index in [0.29, 0.717) is 60.2 Å². The molecule has 0 aromatic heterocycles. The summed E-state index contributed by atoms with van der Waals surface area (Å²) >= 11 is 5.95. The molecule has 0 aliphatic carbocycles. The Morgan fingerprint density at radius 1 is 1.07 bits per heavy atom. The average Bonchev–Trinajstić information content (AvgIpc) is 3.19. The Morgan fingerprint density at radius 3 is 2.50 bits per heavy atom. The van der Waals surface area contributed by atoms with Crippen molar-refractivity contribution < 1.29 is 27.5 Å². The molecular weight excluding hydrogens is 556 g/mol. The lowest BCUT2D eigenvalue weighted by atomic mass is 9.94. The zero-order valence-electron chi connectivity index (χ0n) is 22.9. The number of carbonyl (C=O) groups excluding carboxylic acids is 2. The highest BCUT2D eigenvalue weighted by molar-refractivity contribution is 7.89. The van der Waals surface area contributed by atoms with Crippen LogP contribution >= 0.6 is 11.6 Å². The number of ether oxygens (including phenoxy) is 2. The summed E-state index contributed by atoms with van der Waals surface area (Å²) in [6.07, 6.45) is 0.590. The molecule has 40 heavy (non-hydrogen) atoms. The highest BCUT2D eigenvalue weighted by atomic mass is 35.5. The van der Waals surface area contributed by atoms with Crippen LogP contribution in [0.25, 0.3) is 0 Å². The van der Waals surface area contributed by atoms with Crippen LogP contribution in [0, 0.1) is 0 Å². The fraction of sp³-hybridized carbons (Fsp3) is 0.429. The van der Waals surface area contributed by atoms with E-state index in [9.17, 15) is 18.0 Å². The number of urea groups is 1. The third kappa shape index (κ3) is 6.43. The van der Waals surface area contributed by atoms with E-state index in [-0.39, 0.29) is 30.6 Å². The van der Waals surface area contributed by atoms with Gasteiger partial charge in [0, 0.05) is 43.4 Å². The van der Waals surface area contributed by atoms with Crippen molar-refractivity contribution >= 4 is 33.6 Å². The van der Waals surface area contributed by atoms with Gasteiger partial charge in [0.25, 0.3) is 0 Å². The Morgan fingerprint density at radius 2 is 1.82 bits per heavy atom. The summed E-state index contributed by atoms with van der Waals surface area (Å²) in [6.45, 7) is 6.04. The van der Waals surface area contributed by atoms with E-state index in [1.54, 1.807) is 49.3 Å². The molecule has 1 fully saturated rings. The lowest BCUT2D eigenvalue weighted by Gasteiger charge is -2.38. The Kier molecular flexibility index (Phi) is 9.72. The molecule has 2 amide bonds. The summed E-state index contributed by atoms with van der Waals surface area (Å²) in [6, 6.07) is 12.3. The zero-order chi connectivity index (χ0) is 28.9. The molecule has 10 nitrogen and oxygen atoms in total. The highest BCUT2D eigenvalue weighted by Gasteiger charge is 2.39. The number of carbonyl (C=O) groups is 2. The first kappa shape index (κ1) is 29.9. The molecule has 1 atom stereocenters. The molecule has 2 heterocycles. The van der Waals surface area contributed by atoms with Crippen molar-refractivity contribution in [3.05, 3.63) is 70.4 Å². The number of benzene rings is 2. The summed E-state index contributed by atoms with van der Waals surface area (Å²) in [7, 11) is -2.13. The smallest absolute Gasteiger partial charge is 0.338 e. The van der Waals surface area contributed by atoms with Crippen LogP contribution < -0.4 is 10.1 Å². The topological polar surface area (TPSA) is 108 Å². The van der Waals surface area contributed by atoms with Gasteiger partial charge in [-0.15, -0.1) is 0 Å². The molecule has 0 radical (unpaired) electrons. The number of sulfonamides is 1. The Hall–Kier alpha value is -3.12. The number of esters is 1. The highest BCUT2D eigenvalue weighted by Crippen LogP contribution is 2.33. The normalized spacial score (nSPS) is 19.2. The fourth-order valence-corrected chi connectivity index (χ4v) is 6.64. The number of methoxy groups -OCH3 is 1. The first-order chi connectivity index (χ1) is 19.2. The van der Waals surface area contributed by atoms with Crippen LogP contribution in [-0.4, -0.2) is 87.5 Å². The Balaban J connectivity index is 1.65. The molecule has 2 aliphatic rings. The van der Waals surface area contributed by atoms with Crippen LogP contribution in [0.4, 0.5) is 4.79 Å². The van der Waals surface area contributed by atoms with Crippen molar-refractivity contribution in [2.75, 3.05) is 53.0 Å². The maximum Gasteiger partial charge on any atom is 0.338 e. The van der Waals surface area contributed by atoms with Crippen LogP contribution in [0.1, 0.15) is 31.9 Å². The van der Waals surface area contributed by atoms with Crippen molar-refractivity contribution in [1.29, 1.82) is 0 Å². The summed E-state index contributed by atoms with van der Waals surface area (Å²) in [5, 5.41) is 3.43. The zero-order valence-corrected chi connectivity index (χ0v) is 24.5. The average molecular weight is 591 g/mol. The molecule has 0 saturated carbocycles. The van der Waals surface area contributed by atoms with E-state index in [1.807, 2.05) is 13.0 Å². The minimum absolute atomic E-state index is 0.182. The van der Waals surface area contributed by atoms with Gasteiger partial charge in [0.15, 0.2) is 0 Å². The van der Waals surface area contributed by atoms with Crippen LogP contribution in [0.3, 0.4) is 0 Å². The molecule has 2 aliphatic heterocycles. The monoisotopic (exact) mass is 590 g/mol. The maximum atomic E-state index is 13.4. The predicted octanol–water partition coefficient (Wildman–Crippen LogP) is 3.65. The van der Waals surface area contributed by atoms with Gasteiger partial charge in [-0.3, -0.25) is 9.80 Å². The SMILES string of the molecule is CCOC(=O)C1=C(CN2CCCN(S(=O)(=O)c3ccc(Cl)cc3)CC2)N(CC)C(=O)NC1c1cccc(OC)c1. The number of hydrogen-bond acceptors (Lipinski definition) is 7. The second-order valence-electron chi connectivity index (χ2n) is 9.47. The number of rotatable bonds is 9. The summed E-state index contributed by atoms with van der Waals surface area (Å²) in [5.41, 5.74) is 1.60. The van der Waals surface area contributed by atoms with E-state index < -0.39 is 22.0 Å². The summed E-state index contributed by atoms with van der Waals surface area (Å²) in [4.78, 5) is 30.5. The number of halogens is 1. The largest absolute Gasteiger partial charge is 0.497 e. The van der Waals surface area contributed by atoms with Crippen LogP contribution in [0.15, 0.2) is 64.7 Å². The Bertz CT molecular complexity index is 1370. The van der Waals surface area contributed by atoms with E-state index >= 15 is 0 Å². The fourth-order valence-electron chi connectivity index (χ4n) is 5.04. The quantitative estimate of drug-likeness (QED) is 0.444.